The first-order chi connectivity index (χ1) is 9.58. The third-order valence-corrected chi connectivity index (χ3v) is 5.59. The second-order valence-electron chi connectivity index (χ2n) is 7.86. The first kappa shape index (κ1) is 17.1. The molecule has 1 aliphatic carbocycles. The SMILES string of the molecule is CC1CC(C)CC(NC(=O)CC2CC3CCC(C2)N3)C1.Cl. The molecule has 1 saturated carbocycles. The van der Waals surface area contributed by atoms with E-state index >= 15 is 0 Å². The van der Waals surface area contributed by atoms with Crippen LogP contribution in [0.2, 0.25) is 0 Å². The van der Waals surface area contributed by atoms with Crippen molar-refractivity contribution in [2.45, 2.75) is 83.3 Å². The molecule has 2 N–H and O–H groups in total. The van der Waals surface area contributed by atoms with Crippen LogP contribution < -0.4 is 10.6 Å². The lowest BCUT2D eigenvalue weighted by atomic mass is 9.80. The molecule has 0 aromatic heterocycles. The lowest BCUT2D eigenvalue weighted by molar-refractivity contribution is -0.123. The largest absolute Gasteiger partial charge is 0.353 e. The molecule has 2 heterocycles. The van der Waals surface area contributed by atoms with E-state index in [-0.39, 0.29) is 12.4 Å². The van der Waals surface area contributed by atoms with Crippen LogP contribution in [0.3, 0.4) is 0 Å². The molecule has 1 amide bonds. The number of nitrogens with one attached hydrogen (secondary N) is 2. The lowest BCUT2D eigenvalue weighted by Gasteiger charge is -2.33. The zero-order chi connectivity index (χ0) is 14.1. The quantitative estimate of drug-likeness (QED) is 0.839. The maximum absolute atomic E-state index is 12.3. The fraction of sp³-hybridized carbons (Fsp3) is 0.941. The van der Waals surface area contributed by atoms with Gasteiger partial charge >= 0.3 is 0 Å². The number of piperidine rings is 1. The fourth-order valence-electron chi connectivity index (χ4n) is 4.96. The average Bonchev–Trinajstić information content (AvgIpc) is 2.67. The van der Waals surface area contributed by atoms with Crippen LogP contribution in [0.1, 0.15) is 65.2 Å². The number of halogens is 1. The van der Waals surface area contributed by atoms with Gasteiger partial charge in [-0.1, -0.05) is 13.8 Å². The van der Waals surface area contributed by atoms with E-state index in [0.717, 1.165) is 18.3 Å². The zero-order valence-electron chi connectivity index (χ0n) is 13.4. The van der Waals surface area contributed by atoms with Crippen molar-refractivity contribution in [3.8, 4) is 0 Å². The van der Waals surface area contributed by atoms with Crippen molar-refractivity contribution >= 4 is 18.3 Å². The highest BCUT2D eigenvalue weighted by Crippen LogP contribution is 2.33. The Labute approximate surface area is 135 Å². The standard InChI is InChI=1S/C17H30N2O.ClH/c1-11-5-12(2)7-16(6-11)19-17(20)10-13-8-14-3-4-15(9-13)18-14;/h11-16,18H,3-10H2,1-2H3,(H,19,20);1H. The molecule has 3 nitrogen and oxygen atoms in total. The van der Waals surface area contributed by atoms with E-state index in [2.05, 4.69) is 24.5 Å². The van der Waals surface area contributed by atoms with E-state index in [1.54, 1.807) is 0 Å². The van der Waals surface area contributed by atoms with Crippen LogP contribution in [0.4, 0.5) is 0 Å². The summed E-state index contributed by atoms with van der Waals surface area (Å²) in [7, 11) is 0. The van der Waals surface area contributed by atoms with Gasteiger partial charge in [-0.2, -0.15) is 0 Å². The Hall–Kier alpha value is -0.280. The van der Waals surface area contributed by atoms with Crippen molar-refractivity contribution in [1.82, 2.24) is 10.6 Å². The maximum Gasteiger partial charge on any atom is 0.220 e. The van der Waals surface area contributed by atoms with Crippen molar-refractivity contribution < 1.29 is 4.79 Å². The van der Waals surface area contributed by atoms with E-state index in [9.17, 15) is 4.79 Å². The summed E-state index contributed by atoms with van der Waals surface area (Å²) in [6.45, 7) is 4.64. The third kappa shape index (κ3) is 4.59. The predicted octanol–water partition coefficient (Wildman–Crippen LogP) is 3.27. The molecule has 122 valence electrons. The number of carbonyl (C=O) groups is 1. The van der Waals surface area contributed by atoms with Gasteiger partial charge < -0.3 is 10.6 Å². The first-order valence-corrected chi connectivity index (χ1v) is 8.64. The Balaban J connectivity index is 0.00000161. The highest BCUT2D eigenvalue weighted by molar-refractivity contribution is 5.85. The number of hydrogen-bond donors (Lipinski definition) is 2. The molecule has 4 unspecified atom stereocenters. The fourth-order valence-corrected chi connectivity index (χ4v) is 4.96. The van der Waals surface area contributed by atoms with Crippen LogP contribution in [0, 0.1) is 17.8 Å². The van der Waals surface area contributed by atoms with Gasteiger partial charge in [0.05, 0.1) is 0 Å². The molecule has 0 radical (unpaired) electrons. The smallest absolute Gasteiger partial charge is 0.220 e. The van der Waals surface area contributed by atoms with Crippen molar-refractivity contribution in [3.63, 3.8) is 0 Å². The zero-order valence-corrected chi connectivity index (χ0v) is 14.3. The summed E-state index contributed by atoms with van der Waals surface area (Å²) in [5.41, 5.74) is 0. The van der Waals surface area contributed by atoms with Crippen molar-refractivity contribution in [2.24, 2.45) is 17.8 Å². The average molecular weight is 315 g/mol. The monoisotopic (exact) mass is 314 g/mol. The first-order valence-electron chi connectivity index (χ1n) is 8.64. The molecule has 2 saturated heterocycles. The minimum atomic E-state index is 0. The Morgan fingerprint density at radius 3 is 2.14 bits per heavy atom. The number of amides is 1. The van der Waals surface area contributed by atoms with E-state index in [0.29, 0.717) is 30.0 Å². The van der Waals surface area contributed by atoms with Gasteiger partial charge in [0, 0.05) is 24.5 Å². The summed E-state index contributed by atoms with van der Waals surface area (Å²) >= 11 is 0. The van der Waals surface area contributed by atoms with Crippen LogP contribution in [0.5, 0.6) is 0 Å². The van der Waals surface area contributed by atoms with Gasteiger partial charge in [0.1, 0.15) is 0 Å². The van der Waals surface area contributed by atoms with Gasteiger partial charge in [-0.25, -0.2) is 0 Å². The number of hydrogen-bond acceptors (Lipinski definition) is 2. The van der Waals surface area contributed by atoms with Gasteiger partial charge in [-0.15, -0.1) is 12.4 Å². The van der Waals surface area contributed by atoms with E-state index in [4.69, 9.17) is 0 Å². The number of rotatable bonds is 3. The van der Waals surface area contributed by atoms with Gasteiger partial charge in [0.15, 0.2) is 0 Å². The molecule has 2 bridgehead atoms. The second kappa shape index (κ2) is 7.32. The molecule has 0 aromatic rings. The minimum absolute atomic E-state index is 0. The van der Waals surface area contributed by atoms with Crippen molar-refractivity contribution in [2.75, 3.05) is 0 Å². The van der Waals surface area contributed by atoms with Crippen LogP contribution in [0.15, 0.2) is 0 Å². The highest BCUT2D eigenvalue weighted by atomic mass is 35.5. The van der Waals surface area contributed by atoms with Crippen molar-refractivity contribution in [3.05, 3.63) is 0 Å². The van der Waals surface area contributed by atoms with Gasteiger partial charge in [0.25, 0.3) is 0 Å². The molecule has 4 heteroatoms. The maximum atomic E-state index is 12.3. The predicted molar refractivity (Wildman–Crippen MR) is 88.6 cm³/mol. The minimum Gasteiger partial charge on any atom is -0.353 e. The second-order valence-corrected chi connectivity index (χ2v) is 7.86. The molecule has 3 aliphatic rings. The Bertz CT molecular complexity index is 335. The topological polar surface area (TPSA) is 41.1 Å². The van der Waals surface area contributed by atoms with Crippen LogP contribution in [0.25, 0.3) is 0 Å². The summed E-state index contributed by atoms with van der Waals surface area (Å²) in [5.74, 6) is 2.45. The van der Waals surface area contributed by atoms with E-state index in [1.807, 2.05) is 0 Å². The molecule has 3 rings (SSSR count). The summed E-state index contributed by atoms with van der Waals surface area (Å²) < 4.78 is 0. The van der Waals surface area contributed by atoms with Gasteiger partial charge in [-0.05, 0) is 62.7 Å². The molecular weight excluding hydrogens is 284 g/mol. The molecule has 4 atom stereocenters. The normalized spacial score (nSPS) is 42.2. The molecule has 3 fully saturated rings. The summed E-state index contributed by atoms with van der Waals surface area (Å²) in [6, 6.07) is 1.82. The molecule has 2 aliphatic heterocycles. The van der Waals surface area contributed by atoms with Crippen molar-refractivity contribution in [1.29, 1.82) is 0 Å². The van der Waals surface area contributed by atoms with Crippen LogP contribution >= 0.6 is 12.4 Å². The number of carbonyl (C=O) groups excluding carboxylic acids is 1. The van der Waals surface area contributed by atoms with E-state index in [1.165, 1.54) is 44.9 Å². The Kier molecular flexibility index (Phi) is 5.96. The molecular formula is C17H31ClN2O. The van der Waals surface area contributed by atoms with Crippen LogP contribution in [-0.2, 0) is 4.79 Å². The van der Waals surface area contributed by atoms with Gasteiger partial charge in [-0.3, -0.25) is 4.79 Å². The summed E-state index contributed by atoms with van der Waals surface area (Å²) in [5, 5.41) is 6.97. The summed E-state index contributed by atoms with van der Waals surface area (Å²) in [4.78, 5) is 12.3. The Morgan fingerprint density at radius 2 is 1.57 bits per heavy atom. The van der Waals surface area contributed by atoms with Gasteiger partial charge in [0.2, 0.25) is 5.91 Å². The molecule has 0 aromatic carbocycles. The highest BCUT2D eigenvalue weighted by Gasteiger charge is 2.34. The lowest BCUT2D eigenvalue weighted by Crippen LogP contribution is -2.43. The third-order valence-electron chi connectivity index (χ3n) is 5.59. The number of fused-ring (bicyclic) bond motifs is 2. The summed E-state index contributed by atoms with van der Waals surface area (Å²) in [6.07, 6.45) is 9.49. The van der Waals surface area contributed by atoms with Crippen LogP contribution in [-0.4, -0.2) is 24.0 Å². The van der Waals surface area contributed by atoms with E-state index < -0.39 is 0 Å². The Morgan fingerprint density at radius 1 is 1.00 bits per heavy atom. The molecule has 0 spiro atoms. The molecule has 21 heavy (non-hydrogen) atoms.